The predicted octanol–water partition coefficient (Wildman–Crippen LogP) is 0.354. The minimum atomic E-state index is -0.311. The van der Waals surface area contributed by atoms with Crippen molar-refractivity contribution in [1.29, 1.82) is 5.26 Å². The summed E-state index contributed by atoms with van der Waals surface area (Å²) in [6.45, 7) is 0. The van der Waals surface area contributed by atoms with Gasteiger partial charge < -0.3 is 20.0 Å². The van der Waals surface area contributed by atoms with E-state index in [0.717, 1.165) is 0 Å². The van der Waals surface area contributed by atoms with Gasteiger partial charge in [0.1, 0.15) is 17.4 Å². The molecule has 1 aromatic carbocycles. The smallest absolute Gasteiger partial charge is 0.323 e. The molecular formula is C12H10N8O2. The maximum absolute atomic E-state index is 11.3. The van der Waals surface area contributed by atoms with Gasteiger partial charge in [0, 0.05) is 12.3 Å². The first-order chi connectivity index (χ1) is 10.7. The number of aromatic amines is 3. The third-order valence-electron chi connectivity index (χ3n) is 2.91. The largest absolute Gasteiger partial charge is 0.494 e. The molecule has 0 unspecified atom stereocenters. The summed E-state index contributed by atoms with van der Waals surface area (Å²) in [5.41, 5.74) is 1.68. The van der Waals surface area contributed by atoms with Gasteiger partial charge >= 0.3 is 5.69 Å². The average molecular weight is 298 g/mol. The molecule has 110 valence electrons. The molecule has 22 heavy (non-hydrogen) atoms. The summed E-state index contributed by atoms with van der Waals surface area (Å²) in [7, 11) is 1.51. The topological polar surface area (TPSA) is 148 Å². The number of hydrogen-bond donors (Lipinski definition) is 4. The quantitative estimate of drug-likeness (QED) is 0.508. The zero-order valence-electron chi connectivity index (χ0n) is 11.3. The summed E-state index contributed by atoms with van der Waals surface area (Å²) in [5.74, 6) is 0.675. The molecule has 2 heterocycles. The normalized spacial score (nSPS) is 11.4. The highest BCUT2D eigenvalue weighted by atomic mass is 16.5. The van der Waals surface area contributed by atoms with E-state index >= 15 is 0 Å². The van der Waals surface area contributed by atoms with Crippen LogP contribution in [0.15, 0.2) is 23.1 Å². The summed E-state index contributed by atoms with van der Waals surface area (Å²) in [6, 6.07) is 5.32. The Kier molecular flexibility index (Phi) is 3.29. The van der Waals surface area contributed by atoms with Crippen LogP contribution in [0, 0.1) is 11.3 Å². The van der Waals surface area contributed by atoms with E-state index in [2.05, 4.69) is 35.9 Å². The molecule has 0 fully saturated rings. The number of methoxy groups -OCH3 is 1. The number of allylic oxidation sites excluding steroid dienone is 1. The molecule has 0 amide bonds. The highest BCUT2D eigenvalue weighted by Crippen LogP contribution is 2.28. The Hall–Kier alpha value is -3.61. The molecule has 2 aromatic heterocycles. The van der Waals surface area contributed by atoms with Crippen molar-refractivity contribution in [3.8, 4) is 11.8 Å². The van der Waals surface area contributed by atoms with E-state index in [4.69, 9.17) is 10.00 Å². The first-order valence-electron chi connectivity index (χ1n) is 6.12. The summed E-state index contributed by atoms with van der Waals surface area (Å²) < 4.78 is 5.26. The van der Waals surface area contributed by atoms with Gasteiger partial charge in [-0.3, -0.25) is 0 Å². The zero-order chi connectivity index (χ0) is 15.5. The van der Waals surface area contributed by atoms with Gasteiger partial charge in [-0.05, 0) is 11.3 Å². The number of anilines is 1. The Morgan fingerprint density at radius 1 is 1.41 bits per heavy atom. The van der Waals surface area contributed by atoms with E-state index < -0.39 is 0 Å². The number of hydrogen-bond acceptors (Lipinski definition) is 7. The lowest BCUT2D eigenvalue weighted by Gasteiger charge is -2.08. The van der Waals surface area contributed by atoms with Crippen LogP contribution in [-0.2, 0) is 0 Å². The Bertz CT molecular complexity index is 928. The van der Waals surface area contributed by atoms with E-state index in [1.807, 2.05) is 6.07 Å². The number of nitriles is 1. The van der Waals surface area contributed by atoms with Gasteiger partial charge in [-0.2, -0.15) is 10.5 Å². The van der Waals surface area contributed by atoms with E-state index in [1.54, 1.807) is 12.1 Å². The fourth-order valence-corrected chi connectivity index (χ4v) is 1.92. The van der Waals surface area contributed by atoms with E-state index in [-0.39, 0.29) is 17.1 Å². The fraction of sp³-hybridized carbons (Fsp3) is 0.0833. The average Bonchev–Trinajstić information content (AvgIpc) is 3.15. The number of tetrazole rings is 1. The van der Waals surface area contributed by atoms with Crippen LogP contribution in [0.4, 0.5) is 5.69 Å². The number of imidazole rings is 1. The standard InChI is InChI=1S/C12H10N8O2/c1-22-10-3-8-7(15-12(21)16-8)2-9(10)14-5-6(4-13)11-17-19-20-18-11/h2-3,5,14H,1H3,(H2,15,16,21)(H,17,18,19,20). The van der Waals surface area contributed by atoms with Crippen molar-refractivity contribution in [3.05, 3.63) is 34.6 Å². The second-order valence-electron chi connectivity index (χ2n) is 4.23. The maximum Gasteiger partial charge on any atom is 0.323 e. The summed E-state index contributed by atoms with van der Waals surface area (Å²) in [4.78, 5) is 16.6. The van der Waals surface area contributed by atoms with Crippen LogP contribution < -0.4 is 15.7 Å². The lowest BCUT2D eigenvalue weighted by molar-refractivity contribution is 0.417. The number of nitrogens with one attached hydrogen (secondary N) is 4. The van der Waals surface area contributed by atoms with Crippen LogP contribution in [-0.4, -0.2) is 37.7 Å². The SMILES string of the molecule is COc1cc2[nH]c(=O)[nH]c2cc1NC=C(C#N)c1nn[nH]n1. The van der Waals surface area contributed by atoms with Gasteiger partial charge in [0.2, 0.25) is 5.82 Å². The van der Waals surface area contributed by atoms with Gasteiger partial charge in [-0.15, -0.1) is 10.2 Å². The van der Waals surface area contributed by atoms with Gasteiger partial charge in [0.15, 0.2) is 0 Å². The van der Waals surface area contributed by atoms with Crippen LogP contribution in [0.3, 0.4) is 0 Å². The number of ether oxygens (including phenoxy) is 1. The van der Waals surface area contributed by atoms with Gasteiger partial charge in [0.05, 0.1) is 23.8 Å². The van der Waals surface area contributed by atoms with Crippen molar-refractivity contribution in [2.45, 2.75) is 0 Å². The molecular weight excluding hydrogens is 288 g/mol. The fourth-order valence-electron chi connectivity index (χ4n) is 1.92. The van der Waals surface area contributed by atoms with Crippen molar-refractivity contribution in [3.63, 3.8) is 0 Å². The minimum Gasteiger partial charge on any atom is -0.494 e. The third-order valence-corrected chi connectivity index (χ3v) is 2.91. The van der Waals surface area contributed by atoms with E-state index in [1.165, 1.54) is 13.3 Å². The minimum absolute atomic E-state index is 0.171. The molecule has 0 atom stereocenters. The molecule has 3 rings (SSSR count). The van der Waals surface area contributed by atoms with Crippen molar-refractivity contribution in [2.24, 2.45) is 0 Å². The molecule has 4 N–H and O–H groups in total. The molecule has 0 saturated carbocycles. The van der Waals surface area contributed by atoms with Crippen molar-refractivity contribution in [2.75, 3.05) is 12.4 Å². The summed E-state index contributed by atoms with van der Waals surface area (Å²) in [5, 5.41) is 25.2. The molecule has 3 aromatic rings. The first-order valence-corrected chi connectivity index (χ1v) is 6.12. The van der Waals surface area contributed by atoms with Gasteiger partial charge in [-0.25, -0.2) is 4.79 Å². The van der Waals surface area contributed by atoms with Crippen molar-refractivity contribution in [1.82, 2.24) is 30.6 Å². The lowest BCUT2D eigenvalue weighted by Crippen LogP contribution is -1.99. The third kappa shape index (κ3) is 2.38. The number of aromatic nitrogens is 6. The Labute approximate surface area is 122 Å². The summed E-state index contributed by atoms with van der Waals surface area (Å²) in [6.07, 6.45) is 1.43. The molecule has 0 aliphatic rings. The number of H-pyrrole nitrogens is 3. The number of fused-ring (bicyclic) bond motifs is 1. The van der Waals surface area contributed by atoms with Crippen LogP contribution in [0.5, 0.6) is 5.75 Å². The zero-order valence-corrected chi connectivity index (χ0v) is 11.3. The van der Waals surface area contributed by atoms with E-state index in [0.29, 0.717) is 22.5 Å². The second-order valence-corrected chi connectivity index (χ2v) is 4.23. The highest BCUT2D eigenvalue weighted by molar-refractivity contribution is 5.84. The van der Waals surface area contributed by atoms with Gasteiger partial charge in [-0.1, -0.05) is 0 Å². The Morgan fingerprint density at radius 2 is 2.18 bits per heavy atom. The maximum atomic E-state index is 11.3. The Morgan fingerprint density at radius 3 is 2.82 bits per heavy atom. The molecule has 0 bridgehead atoms. The second kappa shape index (κ2) is 5.41. The molecule has 10 heteroatoms. The van der Waals surface area contributed by atoms with Gasteiger partial charge in [0.25, 0.3) is 0 Å². The van der Waals surface area contributed by atoms with Crippen molar-refractivity contribution >= 4 is 22.3 Å². The number of nitrogens with zero attached hydrogens (tertiary/aromatic N) is 4. The Balaban J connectivity index is 1.99. The molecule has 10 nitrogen and oxygen atoms in total. The van der Waals surface area contributed by atoms with Crippen LogP contribution in [0.1, 0.15) is 5.82 Å². The predicted molar refractivity (Wildman–Crippen MR) is 76.9 cm³/mol. The molecule has 0 spiro atoms. The molecule has 0 radical (unpaired) electrons. The van der Waals surface area contributed by atoms with Crippen LogP contribution in [0.25, 0.3) is 16.6 Å². The van der Waals surface area contributed by atoms with Crippen molar-refractivity contribution < 1.29 is 4.74 Å². The van der Waals surface area contributed by atoms with Crippen LogP contribution >= 0.6 is 0 Å². The molecule has 0 saturated heterocycles. The number of benzene rings is 1. The highest BCUT2D eigenvalue weighted by Gasteiger charge is 2.09. The summed E-state index contributed by atoms with van der Waals surface area (Å²) >= 11 is 0. The van der Waals surface area contributed by atoms with Crippen LogP contribution in [0.2, 0.25) is 0 Å². The molecule has 0 aliphatic carbocycles. The van der Waals surface area contributed by atoms with E-state index in [9.17, 15) is 4.79 Å². The number of rotatable bonds is 4. The lowest BCUT2D eigenvalue weighted by atomic mass is 10.2. The monoisotopic (exact) mass is 298 g/mol. The molecule has 0 aliphatic heterocycles. The first kappa shape index (κ1) is 13.4.